The van der Waals surface area contributed by atoms with Crippen LogP contribution in [-0.2, 0) is 13.1 Å². The molecule has 0 unspecified atom stereocenters. The first kappa shape index (κ1) is 11.4. The molecule has 2 aromatic heterocycles. The van der Waals surface area contributed by atoms with Crippen molar-refractivity contribution in [3.63, 3.8) is 0 Å². The highest BCUT2D eigenvalue weighted by molar-refractivity contribution is 7.12. The van der Waals surface area contributed by atoms with Crippen molar-refractivity contribution in [2.75, 3.05) is 0 Å². The van der Waals surface area contributed by atoms with Gasteiger partial charge in [-0.05, 0) is 32.4 Å². The van der Waals surface area contributed by atoms with Crippen molar-refractivity contribution in [3.05, 3.63) is 38.9 Å². The highest BCUT2D eigenvalue weighted by Gasteiger charge is 2.03. The van der Waals surface area contributed by atoms with Crippen molar-refractivity contribution in [1.29, 1.82) is 0 Å². The van der Waals surface area contributed by atoms with Crippen molar-refractivity contribution in [2.45, 2.75) is 33.9 Å². The zero-order chi connectivity index (χ0) is 11.5. The fraction of sp³-hybridized carbons (Fsp3) is 0.417. The Morgan fingerprint density at radius 3 is 2.62 bits per heavy atom. The van der Waals surface area contributed by atoms with Gasteiger partial charge in [-0.2, -0.15) is 0 Å². The molecule has 86 valence electrons. The Hall–Kier alpha value is -1.13. The second-order valence-corrected chi connectivity index (χ2v) is 5.44. The summed E-state index contributed by atoms with van der Waals surface area (Å²) in [6.45, 7) is 7.85. The minimum Gasteiger partial charge on any atom is -0.360 e. The predicted octanol–water partition coefficient (Wildman–Crippen LogP) is 2.95. The molecule has 16 heavy (non-hydrogen) atoms. The molecular formula is C12H16N2OS. The molecule has 0 aliphatic carbocycles. The van der Waals surface area contributed by atoms with E-state index in [-0.39, 0.29) is 0 Å². The van der Waals surface area contributed by atoms with Crippen LogP contribution in [0.5, 0.6) is 0 Å². The van der Waals surface area contributed by atoms with Crippen LogP contribution in [0.3, 0.4) is 0 Å². The summed E-state index contributed by atoms with van der Waals surface area (Å²) >= 11 is 1.84. The van der Waals surface area contributed by atoms with Gasteiger partial charge in [-0.1, -0.05) is 5.16 Å². The van der Waals surface area contributed by atoms with Crippen LogP contribution in [0.25, 0.3) is 0 Å². The van der Waals surface area contributed by atoms with Crippen LogP contribution in [0.15, 0.2) is 16.7 Å². The molecule has 0 amide bonds. The minimum absolute atomic E-state index is 0.731. The molecule has 0 aromatic carbocycles. The number of thiophene rings is 1. The fourth-order valence-corrected chi connectivity index (χ4v) is 2.63. The van der Waals surface area contributed by atoms with Gasteiger partial charge >= 0.3 is 0 Å². The third-order valence-corrected chi connectivity index (χ3v) is 3.44. The molecule has 3 nitrogen and oxygen atoms in total. The van der Waals surface area contributed by atoms with Gasteiger partial charge in [-0.25, -0.2) is 0 Å². The molecule has 0 bridgehead atoms. The van der Waals surface area contributed by atoms with E-state index in [1.807, 2.05) is 24.3 Å². The molecule has 2 aromatic rings. The normalized spacial score (nSPS) is 10.9. The Morgan fingerprint density at radius 1 is 1.25 bits per heavy atom. The van der Waals surface area contributed by atoms with Gasteiger partial charge in [-0.15, -0.1) is 11.3 Å². The Kier molecular flexibility index (Phi) is 3.41. The Morgan fingerprint density at radius 2 is 2.06 bits per heavy atom. The number of aryl methyl sites for hydroxylation is 3. The largest absolute Gasteiger partial charge is 0.360 e. The summed E-state index contributed by atoms with van der Waals surface area (Å²) in [6, 6.07) is 4.19. The number of nitrogens with zero attached hydrogens (tertiary/aromatic N) is 1. The van der Waals surface area contributed by atoms with E-state index in [4.69, 9.17) is 4.52 Å². The van der Waals surface area contributed by atoms with Crippen molar-refractivity contribution in [2.24, 2.45) is 0 Å². The van der Waals surface area contributed by atoms with Crippen LogP contribution >= 0.6 is 11.3 Å². The maximum absolute atomic E-state index is 5.13. The maximum atomic E-state index is 5.13. The number of rotatable bonds is 4. The van der Waals surface area contributed by atoms with Gasteiger partial charge in [-0.3, -0.25) is 0 Å². The molecule has 0 aliphatic heterocycles. The highest BCUT2D eigenvalue weighted by Crippen LogP contribution is 2.20. The summed E-state index contributed by atoms with van der Waals surface area (Å²) in [6.07, 6.45) is 0. The van der Waals surface area contributed by atoms with Crippen molar-refractivity contribution in [1.82, 2.24) is 10.5 Å². The monoisotopic (exact) mass is 236 g/mol. The van der Waals surface area contributed by atoms with Crippen LogP contribution in [0.4, 0.5) is 0 Å². The van der Waals surface area contributed by atoms with Gasteiger partial charge in [0.1, 0.15) is 0 Å². The summed E-state index contributed by atoms with van der Waals surface area (Å²) in [5.41, 5.74) is 2.30. The SMILES string of the molecule is Cc1cc(CNCc2cc(C)sc2C)on1. The number of hydrogen-bond donors (Lipinski definition) is 1. The van der Waals surface area contributed by atoms with Gasteiger partial charge in [0.2, 0.25) is 0 Å². The summed E-state index contributed by atoms with van der Waals surface area (Å²) in [5.74, 6) is 0.891. The molecule has 2 rings (SSSR count). The molecule has 0 atom stereocenters. The first-order valence-electron chi connectivity index (χ1n) is 5.34. The molecule has 0 spiro atoms. The smallest absolute Gasteiger partial charge is 0.150 e. The van der Waals surface area contributed by atoms with E-state index in [0.717, 1.165) is 24.5 Å². The molecule has 0 radical (unpaired) electrons. The quantitative estimate of drug-likeness (QED) is 0.887. The molecule has 2 heterocycles. The van der Waals surface area contributed by atoms with Crippen molar-refractivity contribution < 1.29 is 4.52 Å². The van der Waals surface area contributed by atoms with Gasteiger partial charge < -0.3 is 9.84 Å². The molecule has 0 aliphatic rings. The van der Waals surface area contributed by atoms with Crippen LogP contribution in [0.1, 0.15) is 26.8 Å². The first-order chi connectivity index (χ1) is 7.65. The average Bonchev–Trinajstić information content (AvgIpc) is 2.74. The molecular weight excluding hydrogens is 220 g/mol. The zero-order valence-electron chi connectivity index (χ0n) is 9.83. The number of nitrogens with one attached hydrogen (secondary N) is 1. The van der Waals surface area contributed by atoms with E-state index in [2.05, 4.69) is 30.4 Å². The topological polar surface area (TPSA) is 38.1 Å². The summed E-state index contributed by atoms with van der Waals surface area (Å²) in [7, 11) is 0. The third-order valence-electron chi connectivity index (χ3n) is 2.44. The molecule has 0 saturated heterocycles. The van der Waals surface area contributed by atoms with Crippen LogP contribution in [-0.4, -0.2) is 5.16 Å². The number of hydrogen-bond acceptors (Lipinski definition) is 4. The van der Waals surface area contributed by atoms with E-state index in [1.165, 1.54) is 15.3 Å². The summed E-state index contributed by atoms with van der Waals surface area (Å²) in [5, 5.41) is 7.21. The van der Waals surface area contributed by atoms with Gasteiger partial charge in [0, 0.05) is 22.4 Å². The minimum atomic E-state index is 0.731. The van der Waals surface area contributed by atoms with Crippen LogP contribution in [0, 0.1) is 20.8 Å². The highest BCUT2D eigenvalue weighted by atomic mass is 32.1. The van der Waals surface area contributed by atoms with Gasteiger partial charge in [0.15, 0.2) is 5.76 Å². The average molecular weight is 236 g/mol. The van der Waals surface area contributed by atoms with E-state index in [1.54, 1.807) is 0 Å². The van der Waals surface area contributed by atoms with E-state index < -0.39 is 0 Å². The molecule has 4 heteroatoms. The maximum Gasteiger partial charge on any atom is 0.150 e. The lowest BCUT2D eigenvalue weighted by atomic mass is 10.2. The lowest BCUT2D eigenvalue weighted by Crippen LogP contribution is -2.12. The Labute approximate surface area is 99.5 Å². The Bertz CT molecular complexity index is 473. The second-order valence-electron chi connectivity index (χ2n) is 3.98. The first-order valence-corrected chi connectivity index (χ1v) is 6.15. The van der Waals surface area contributed by atoms with E-state index in [9.17, 15) is 0 Å². The third kappa shape index (κ3) is 2.71. The van der Waals surface area contributed by atoms with E-state index >= 15 is 0 Å². The van der Waals surface area contributed by atoms with E-state index in [0.29, 0.717) is 0 Å². The molecule has 0 fully saturated rings. The summed E-state index contributed by atoms with van der Waals surface area (Å²) in [4.78, 5) is 2.75. The van der Waals surface area contributed by atoms with Crippen molar-refractivity contribution >= 4 is 11.3 Å². The predicted molar refractivity (Wildman–Crippen MR) is 65.6 cm³/mol. The number of aromatic nitrogens is 1. The second kappa shape index (κ2) is 4.80. The lowest BCUT2D eigenvalue weighted by Gasteiger charge is -2.00. The lowest BCUT2D eigenvalue weighted by molar-refractivity contribution is 0.369. The van der Waals surface area contributed by atoms with Gasteiger partial charge in [0.25, 0.3) is 0 Å². The van der Waals surface area contributed by atoms with Crippen molar-refractivity contribution in [3.8, 4) is 0 Å². The zero-order valence-corrected chi connectivity index (χ0v) is 10.6. The standard InChI is InChI=1S/C12H16N2OS/c1-8-4-12(15-14-8)7-13-6-11-5-9(2)16-10(11)3/h4-5,13H,6-7H2,1-3H3. The molecule has 1 N–H and O–H groups in total. The van der Waals surface area contributed by atoms with Crippen LogP contribution in [0.2, 0.25) is 0 Å². The summed E-state index contributed by atoms with van der Waals surface area (Å²) < 4.78 is 5.13. The fourth-order valence-electron chi connectivity index (χ4n) is 1.68. The Balaban J connectivity index is 1.86. The van der Waals surface area contributed by atoms with Crippen LogP contribution < -0.4 is 5.32 Å². The molecule has 0 saturated carbocycles. The van der Waals surface area contributed by atoms with Gasteiger partial charge in [0.05, 0.1) is 12.2 Å².